The lowest BCUT2D eigenvalue weighted by Gasteiger charge is -2.14. The van der Waals surface area contributed by atoms with Gasteiger partial charge in [0.05, 0.1) is 27.0 Å². The Kier molecular flexibility index (Phi) is 3.35. The molecule has 6 nitrogen and oxygen atoms in total. The number of aromatic nitrogens is 3. The average Bonchev–Trinajstić information content (AvgIpc) is 3.01. The summed E-state index contributed by atoms with van der Waals surface area (Å²) in [6, 6.07) is 9.61. The van der Waals surface area contributed by atoms with Crippen LogP contribution in [-0.2, 0) is 0 Å². The minimum Gasteiger partial charge on any atom is -0.493 e. The van der Waals surface area contributed by atoms with Crippen LogP contribution in [0.1, 0.15) is 0 Å². The van der Waals surface area contributed by atoms with E-state index in [1.807, 2.05) is 34.7 Å². The van der Waals surface area contributed by atoms with Gasteiger partial charge in [-0.2, -0.15) is 0 Å². The fourth-order valence-corrected chi connectivity index (χ4v) is 2.31. The van der Waals surface area contributed by atoms with E-state index in [1.165, 1.54) is 0 Å². The first-order chi connectivity index (χ1) is 10.3. The lowest BCUT2D eigenvalue weighted by molar-refractivity contribution is 0.324. The number of nitrogens with zero attached hydrogens (tertiary/aromatic N) is 3. The molecule has 21 heavy (non-hydrogen) atoms. The molecule has 2 aromatic heterocycles. The van der Waals surface area contributed by atoms with Gasteiger partial charge in [-0.05, 0) is 24.3 Å². The summed E-state index contributed by atoms with van der Waals surface area (Å²) in [7, 11) is 4.78. The van der Waals surface area contributed by atoms with Crippen LogP contribution in [0.5, 0.6) is 17.2 Å². The van der Waals surface area contributed by atoms with Gasteiger partial charge in [-0.3, -0.25) is 4.40 Å². The summed E-state index contributed by atoms with van der Waals surface area (Å²) in [5.41, 5.74) is 2.65. The Hall–Kier alpha value is -2.76. The van der Waals surface area contributed by atoms with Gasteiger partial charge in [-0.15, -0.1) is 10.2 Å². The fraction of sp³-hybridized carbons (Fsp3) is 0.200. The molecule has 0 atom stereocenters. The molecule has 6 heteroatoms. The molecule has 108 valence electrons. The van der Waals surface area contributed by atoms with Crippen molar-refractivity contribution < 1.29 is 14.2 Å². The van der Waals surface area contributed by atoms with Crippen molar-refractivity contribution in [3.8, 4) is 28.5 Å². The van der Waals surface area contributed by atoms with Crippen LogP contribution in [0.15, 0.2) is 36.7 Å². The SMILES string of the molecule is COc1cc(-c2cccc3nncn23)cc(OC)c1OC. The molecule has 3 rings (SSSR count). The molecule has 0 aliphatic carbocycles. The second-order valence-corrected chi connectivity index (χ2v) is 4.38. The van der Waals surface area contributed by atoms with Crippen molar-refractivity contribution >= 4 is 5.65 Å². The van der Waals surface area contributed by atoms with Crippen LogP contribution in [0, 0.1) is 0 Å². The lowest BCUT2D eigenvalue weighted by Crippen LogP contribution is -1.97. The van der Waals surface area contributed by atoms with Crippen molar-refractivity contribution in [2.75, 3.05) is 21.3 Å². The Morgan fingerprint density at radius 1 is 0.952 bits per heavy atom. The van der Waals surface area contributed by atoms with Crippen molar-refractivity contribution in [3.63, 3.8) is 0 Å². The molecular formula is C15H15N3O3. The van der Waals surface area contributed by atoms with Crippen LogP contribution >= 0.6 is 0 Å². The highest BCUT2D eigenvalue weighted by atomic mass is 16.5. The number of hydrogen-bond donors (Lipinski definition) is 0. The maximum Gasteiger partial charge on any atom is 0.203 e. The second-order valence-electron chi connectivity index (χ2n) is 4.38. The molecule has 3 aromatic rings. The summed E-state index contributed by atoms with van der Waals surface area (Å²) in [6.07, 6.45) is 1.67. The first-order valence-corrected chi connectivity index (χ1v) is 6.37. The van der Waals surface area contributed by atoms with Gasteiger partial charge >= 0.3 is 0 Å². The van der Waals surface area contributed by atoms with Gasteiger partial charge in [-0.1, -0.05) is 6.07 Å². The van der Waals surface area contributed by atoms with Gasteiger partial charge < -0.3 is 14.2 Å². The van der Waals surface area contributed by atoms with Gasteiger partial charge in [-0.25, -0.2) is 0 Å². The molecule has 0 aliphatic heterocycles. The molecule has 0 unspecified atom stereocenters. The minimum atomic E-state index is 0.569. The number of pyridine rings is 1. The van der Waals surface area contributed by atoms with Crippen molar-refractivity contribution in [2.45, 2.75) is 0 Å². The predicted molar refractivity (Wildman–Crippen MR) is 78.1 cm³/mol. The summed E-state index contributed by atoms with van der Waals surface area (Å²) in [4.78, 5) is 0. The van der Waals surface area contributed by atoms with Gasteiger partial charge in [0, 0.05) is 5.56 Å². The van der Waals surface area contributed by atoms with E-state index in [0.29, 0.717) is 17.2 Å². The first-order valence-electron chi connectivity index (χ1n) is 6.37. The second kappa shape index (κ2) is 5.32. The van der Waals surface area contributed by atoms with Gasteiger partial charge in [0.1, 0.15) is 6.33 Å². The smallest absolute Gasteiger partial charge is 0.203 e. The maximum absolute atomic E-state index is 5.39. The van der Waals surface area contributed by atoms with E-state index in [2.05, 4.69) is 10.2 Å². The Bertz CT molecular complexity index is 758. The summed E-state index contributed by atoms with van der Waals surface area (Å²) < 4.78 is 18.0. The molecule has 1 aromatic carbocycles. The quantitative estimate of drug-likeness (QED) is 0.737. The number of ether oxygens (including phenoxy) is 3. The highest BCUT2D eigenvalue weighted by Gasteiger charge is 2.15. The van der Waals surface area contributed by atoms with Gasteiger partial charge in [0.25, 0.3) is 0 Å². The predicted octanol–water partition coefficient (Wildman–Crippen LogP) is 2.42. The highest BCUT2D eigenvalue weighted by molar-refractivity contribution is 5.70. The standard InChI is InChI=1S/C15H15N3O3/c1-19-12-7-10(8-13(20-2)15(12)21-3)11-5-4-6-14-17-16-9-18(11)14/h4-9H,1-3H3. The van der Waals surface area contributed by atoms with E-state index in [0.717, 1.165) is 16.9 Å². The van der Waals surface area contributed by atoms with E-state index >= 15 is 0 Å². The topological polar surface area (TPSA) is 57.9 Å². The Labute approximate surface area is 121 Å². The molecule has 0 saturated carbocycles. The third-order valence-electron chi connectivity index (χ3n) is 3.29. The van der Waals surface area contributed by atoms with Gasteiger partial charge in [0.15, 0.2) is 17.1 Å². The molecule has 0 bridgehead atoms. The molecule has 0 saturated heterocycles. The van der Waals surface area contributed by atoms with Crippen LogP contribution < -0.4 is 14.2 Å². The maximum atomic E-state index is 5.39. The summed E-state index contributed by atoms with van der Waals surface area (Å²) in [6.45, 7) is 0. The molecule has 0 aliphatic rings. The van der Waals surface area contributed by atoms with E-state index in [1.54, 1.807) is 27.7 Å². The third-order valence-corrected chi connectivity index (χ3v) is 3.29. The number of methoxy groups -OCH3 is 3. The monoisotopic (exact) mass is 285 g/mol. The van der Waals surface area contributed by atoms with E-state index < -0.39 is 0 Å². The number of fused-ring (bicyclic) bond motifs is 1. The summed E-state index contributed by atoms with van der Waals surface area (Å²) >= 11 is 0. The Balaban J connectivity index is 2.25. The Morgan fingerprint density at radius 2 is 1.67 bits per heavy atom. The van der Waals surface area contributed by atoms with Crippen molar-refractivity contribution in [3.05, 3.63) is 36.7 Å². The molecule has 0 fully saturated rings. The average molecular weight is 285 g/mol. The Morgan fingerprint density at radius 3 is 2.29 bits per heavy atom. The van der Waals surface area contributed by atoms with E-state index in [-0.39, 0.29) is 0 Å². The van der Waals surface area contributed by atoms with Crippen LogP contribution in [0.4, 0.5) is 0 Å². The molecule has 0 spiro atoms. The zero-order chi connectivity index (χ0) is 14.8. The lowest BCUT2D eigenvalue weighted by atomic mass is 10.1. The minimum absolute atomic E-state index is 0.569. The molecule has 0 radical (unpaired) electrons. The van der Waals surface area contributed by atoms with Gasteiger partial charge in [0.2, 0.25) is 5.75 Å². The van der Waals surface area contributed by atoms with Crippen LogP contribution in [0.25, 0.3) is 16.9 Å². The third kappa shape index (κ3) is 2.14. The normalized spacial score (nSPS) is 10.6. The summed E-state index contributed by atoms with van der Waals surface area (Å²) in [5, 5.41) is 7.98. The van der Waals surface area contributed by atoms with Crippen molar-refractivity contribution in [1.82, 2.24) is 14.6 Å². The first kappa shape index (κ1) is 13.2. The fourth-order valence-electron chi connectivity index (χ4n) is 2.31. The van der Waals surface area contributed by atoms with E-state index in [4.69, 9.17) is 14.2 Å². The highest BCUT2D eigenvalue weighted by Crippen LogP contribution is 2.41. The van der Waals surface area contributed by atoms with Crippen LogP contribution in [0.2, 0.25) is 0 Å². The summed E-state index contributed by atoms with van der Waals surface area (Å²) in [5.74, 6) is 1.79. The number of rotatable bonds is 4. The zero-order valence-corrected chi connectivity index (χ0v) is 12.0. The van der Waals surface area contributed by atoms with Crippen LogP contribution in [0.3, 0.4) is 0 Å². The largest absolute Gasteiger partial charge is 0.493 e. The number of hydrogen-bond acceptors (Lipinski definition) is 5. The molecule has 0 N–H and O–H groups in total. The molecule has 0 amide bonds. The molecular weight excluding hydrogens is 270 g/mol. The zero-order valence-electron chi connectivity index (χ0n) is 12.0. The van der Waals surface area contributed by atoms with Crippen molar-refractivity contribution in [2.24, 2.45) is 0 Å². The number of benzene rings is 1. The molecule has 2 heterocycles. The van der Waals surface area contributed by atoms with Crippen LogP contribution in [-0.4, -0.2) is 35.9 Å². The van der Waals surface area contributed by atoms with E-state index in [9.17, 15) is 0 Å². The van der Waals surface area contributed by atoms with Crippen molar-refractivity contribution in [1.29, 1.82) is 0 Å².